The molecule has 0 unspecified atom stereocenters. The molecule has 0 aliphatic rings. The molecule has 2 rings (SSSR count). The Bertz CT molecular complexity index is 705. The van der Waals surface area contributed by atoms with E-state index in [1.165, 1.54) is 19.3 Å². The molecule has 0 aliphatic carbocycles. The van der Waals surface area contributed by atoms with Crippen molar-refractivity contribution in [1.82, 2.24) is 0 Å². The molecule has 0 radical (unpaired) electrons. The first kappa shape index (κ1) is 19.8. The molecule has 26 heavy (non-hydrogen) atoms. The number of non-ortho nitro benzene ring substituents is 1. The quantitative estimate of drug-likeness (QED) is 0.233. The molecule has 0 atom stereocenters. The molecule has 0 saturated heterocycles. The van der Waals surface area contributed by atoms with Crippen LogP contribution in [0.15, 0.2) is 59.6 Å². The SMILES string of the molecule is CCC(CC)CCCN=C(Cc1ccc([N+](=O)[O-])cc1)c1ccccc1. The van der Waals surface area contributed by atoms with E-state index in [-0.39, 0.29) is 10.6 Å². The van der Waals surface area contributed by atoms with Crippen LogP contribution >= 0.6 is 0 Å². The van der Waals surface area contributed by atoms with Crippen LogP contribution in [-0.4, -0.2) is 17.2 Å². The van der Waals surface area contributed by atoms with Crippen LogP contribution < -0.4 is 0 Å². The Labute approximate surface area is 156 Å². The minimum Gasteiger partial charge on any atom is -0.289 e. The van der Waals surface area contributed by atoms with Crippen LogP contribution in [0.1, 0.15) is 50.7 Å². The summed E-state index contributed by atoms with van der Waals surface area (Å²) >= 11 is 0. The van der Waals surface area contributed by atoms with E-state index in [4.69, 9.17) is 4.99 Å². The van der Waals surface area contributed by atoms with Gasteiger partial charge < -0.3 is 0 Å². The fourth-order valence-electron chi connectivity index (χ4n) is 3.10. The van der Waals surface area contributed by atoms with Gasteiger partial charge in [0.2, 0.25) is 0 Å². The summed E-state index contributed by atoms with van der Waals surface area (Å²) in [5.74, 6) is 0.792. The summed E-state index contributed by atoms with van der Waals surface area (Å²) in [7, 11) is 0. The van der Waals surface area contributed by atoms with Crippen LogP contribution in [0, 0.1) is 16.0 Å². The standard InChI is InChI=1S/C22H28N2O2/c1-3-18(4-2)9-8-16-23-22(20-10-6-5-7-11-20)17-19-12-14-21(15-13-19)24(25)26/h5-7,10-15,18H,3-4,8-9,16-17H2,1-2H3. The van der Waals surface area contributed by atoms with Crippen LogP contribution in [0.5, 0.6) is 0 Å². The molecule has 0 bridgehead atoms. The average Bonchev–Trinajstić information content (AvgIpc) is 2.68. The number of hydrogen-bond donors (Lipinski definition) is 0. The smallest absolute Gasteiger partial charge is 0.269 e. The molecular weight excluding hydrogens is 324 g/mol. The van der Waals surface area contributed by atoms with E-state index in [0.29, 0.717) is 6.42 Å². The Morgan fingerprint density at radius 2 is 1.69 bits per heavy atom. The largest absolute Gasteiger partial charge is 0.289 e. The predicted molar refractivity (Wildman–Crippen MR) is 108 cm³/mol. The van der Waals surface area contributed by atoms with Gasteiger partial charge in [0.25, 0.3) is 5.69 Å². The lowest BCUT2D eigenvalue weighted by Gasteiger charge is -2.11. The van der Waals surface area contributed by atoms with E-state index < -0.39 is 0 Å². The van der Waals surface area contributed by atoms with Crippen LogP contribution in [0.25, 0.3) is 0 Å². The van der Waals surface area contributed by atoms with E-state index in [1.54, 1.807) is 12.1 Å². The predicted octanol–water partition coefficient (Wildman–Crippen LogP) is 5.84. The molecule has 0 fully saturated rings. The summed E-state index contributed by atoms with van der Waals surface area (Å²) in [5.41, 5.74) is 3.33. The van der Waals surface area contributed by atoms with Gasteiger partial charge in [-0.1, -0.05) is 69.2 Å². The first-order valence-electron chi connectivity index (χ1n) is 9.46. The van der Waals surface area contributed by atoms with Gasteiger partial charge in [0, 0.05) is 30.8 Å². The molecule has 2 aromatic carbocycles. The number of hydrogen-bond acceptors (Lipinski definition) is 3. The van der Waals surface area contributed by atoms with Crippen molar-refractivity contribution in [3.63, 3.8) is 0 Å². The monoisotopic (exact) mass is 352 g/mol. The highest BCUT2D eigenvalue weighted by Gasteiger charge is 2.08. The molecule has 0 aromatic heterocycles. The summed E-state index contributed by atoms with van der Waals surface area (Å²) in [6.07, 6.45) is 5.47. The normalized spacial score (nSPS) is 11.7. The van der Waals surface area contributed by atoms with Crippen molar-refractivity contribution in [3.8, 4) is 0 Å². The second kappa shape index (κ2) is 10.5. The summed E-state index contributed by atoms with van der Waals surface area (Å²) in [5, 5.41) is 10.8. The van der Waals surface area contributed by atoms with E-state index in [9.17, 15) is 10.1 Å². The lowest BCUT2D eigenvalue weighted by atomic mass is 9.97. The van der Waals surface area contributed by atoms with Gasteiger partial charge in [-0.2, -0.15) is 0 Å². The van der Waals surface area contributed by atoms with E-state index in [1.807, 2.05) is 30.3 Å². The second-order valence-corrected chi connectivity index (χ2v) is 6.62. The van der Waals surface area contributed by atoms with Crippen LogP contribution in [0.2, 0.25) is 0 Å². The van der Waals surface area contributed by atoms with Gasteiger partial charge in [0.1, 0.15) is 0 Å². The fraction of sp³-hybridized carbons (Fsp3) is 0.409. The number of nitro groups is 1. The highest BCUT2D eigenvalue weighted by Crippen LogP contribution is 2.16. The van der Waals surface area contributed by atoms with E-state index >= 15 is 0 Å². The van der Waals surface area contributed by atoms with E-state index in [2.05, 4.69) is 26.0 Å². The summed E-state index contributed by atoms with van der Waals surface area (Å²) in [6.45, 7) is 5.33. The Hall–Kier alpha value is -2.49. The zero-order chi connectivity index (χ0) is 18.8. The van der Waals surface area contributed by atoms with Crippen molar-refractivity contribution in [2.24, 2.45) is 10.9 Å². The second-order valence-electron chi connectivity index (χ2n) is 6.62. The summed E-state index contributed by atoms with van der Waals surface area (Å²) in [6, 6.07) is 16.9. The van der Waals surface area contributed by atoms with Gasteiger partial charge in [-0.15, -0.1) is 0 Å². The topological polar surface area (TPSA) is 55.5 Å². The first-order chi connectivity index (χ1) is 12.6. The van der Waals surface area contributed by atoms with Crippen LogP contribution in [0.4, 0.5) is 5.69 Å². The van der Waals surface area contributed by atoms with Gasteiger partial charge in [0.05, 0.1) is 4.92 Å². The molecule has 0 amide bonds. The molecule has 2 aromatic rings. The van der Waals surface area contributed by atoms with Gasteiger partial charge in [0.15, 0.2) is 0 Å². The van der Waals surface area contributed by atoms with Crippen molar-refractivity contribution in [1.29, 1.82) is 0 Å². The highest BCUT2D eigenvalue weighted by molar-refractivity contribution is 6.01. The molecule has 0 heterocycles. The maximum Gasteiger partial charge on any atom is 0.269 e. The van der Waals surface area contributed by atoms with Crippen LogP contribution in [0.3, 0.4) is 0 Å². The maximum atomic E-state index is 10.8. The molecule has 0 aliphatic heterocycles. The molecular formula is C22H28N2O2. The van der Waals surface area contributed by atoms with Crippen molar-refractivity contribution in [2.75, 3.05) is 6.54 Å². The average molecular weight is 352 g/mol. The third kappa shape index (κ3) is 6.10. The zero-order valence-corrected chi connectivity index (χ0v) is 15.7. The maximum absolute atomic E-state index is 10.8. The third-order valence-corrected chi connectivity index (χ3v) is 4.85. The molecule has 4 nitrogen and oxygen atoms in total. The number of rotatable bonds is 10. The Morgan fingerprint density at radius 3 is 2.27 bits per heavy atom. The van der Waals surface area contributed by atoms with Gasteiger partial charge >= 0.3 is 0 Å². The minimum absolute atomic E-state index is 0.122. The van der Waals surface area contributed by atoms with Gasteiger partial charge in [-0.05, 0) is 29.9 Å². The molecule has 138 valence electrons. The highest BCUT2D eigenvalue weighted by atomic mass is 16.6. The van der Waals surface area contributed by atoms with Crippen LogP contribution in [-0.2, 0) is 6.42 Å². The molecule has 4 heteroatoms. The first-order valence-corrected chi connectivity index (χ1v) is 9.46. The van der Waals surface area contributed by atoms with E-state index in [0.717, 1.165) is 35.7 Å². The van der Waals surface area contributed by atoms with Gasteiger partial charge in [-0.3, -0.25) is 15.1 Å². The number of benzene rings is 2. The number of nitro benzene ring substituents is 1. The number of nitrogens with zero attached hydrogens (tertiary/aromatic N) is 2. The fourth-order valence-corrected chi connectivity index (χ4v) is 3.10. The van der Waals surface area contributed by atoms with Crippen molar-refractivity contribution in [2.45, 2.75) is 46.0 Å². The van der Waals surface area contributed by atoms with Crippen molar-refractivity contribution >= 4 is 11.4 Å². The third-order valence-electron chi connectivity index (χ3n) is 4.85. The van der Waals surface area contributed by atoms with Crippen molar-refractivity contribution < 1.29 is 4.92 Å². The zero-order valence-electron chi connectivity index (χ0n) is 15.7. The minimum atomic E-state index is -0.367. The summed E-state index contributed by atoms with van der Waals surface area (Å²) < 4.78 is 0. The Kier molecular flexibility index (Phi) is 8.00. The number of aliphatic imine (C=N–C) groups is 1. The van der Waals surface area contributed by atoms with Gasteiger partial charge in [-0.25, -0.2) is 0 Å². The summed E-state index contributed by atoms with van der Waals surface area (Å²) in [4.78, 5) is 15.3. The van der Waals surface area contributed by atoms with Crippen molar-refractivity contribution in [3.05, 3.63) is 75.8 Å². The lowest BCUT2D eigenvalue weighted by molar-refractivity contribution is -0.384. The Balaban J connectivity index is 2.09. The molecule has 0 N–H and O–H groups in total. The Morgan fingerprint density at radius 1 is 1.04 bits per heavy atom. The molecule has 0 saturated carbocycles. The lowest BCUT2D eigenvalue weighted by Crippen LogP contribution is -2.07. The molecule has 0 spiro atoms.